The molecular weight excluding hydrogens is 320 g/mol. The number of nitrogens with one attached hydrogen (secondary N) is 1. The van der Waals surface area contributed by atoms with Crippen LogP contribution in [-0.2, 0) is 14.3 Å². The summed E-state index contributed by atoms with van der Waals surface area (Å²) >= 11 is 6.46. The van der Waals surface area contributed by atoms with Gasteiger partial charge < -0.3 is 10.1 Å². The van der Waals surface area contributed by atoms with Crippen LogP contribution in [-0.4, -0.2) is 46.5 Å². The molecule has 0 unspecified atom stereocenters. The van der Waals surface area contributed by atoms with Crippen LogP contribution in [0.3, 0.4) is 0 Å². The molecule has 0 aromatic heterocycles. The monoisotopic (exact) mass is 338 g/mol. The van der Waals surface area contributed by atoms with E-state index in [1.165, 1.54) is 16.7 Å². The minimum atomic E-state index is -0.451. The fourth-order valence-corrected chi connectivity index (χ4v) is 3.64. The number of methoxy groups -OCH3 is 1. The van der Waals surface area contributed by atoms with Crippen molar-refractivity contribution in [1.29, 1.82) is 0 Å². The van der Waals surface area contributed by atoms with Gasteiger partial charge in [0.25, 0.3) is 0 Å². The molecule has 1 heterocycles. The van der Waals surface area contributed by atoms with Crippen molar-refractivity contribution in [1.82, 2.24) is 4.90 Å². The molecular formula is C15H18N2O3S2. The van der Waals surface area contributed by atoms with Crippen LogP contribution >= 0.6 is 24.0 Å². The number of aryl methyl sites for hydroxylation is 1. The highest BCUT2D eigenvalue weighted by Crippen LogP contribution is 2.29. The second-order valence-corrected chi connectivity index (χ2v) is 6.76. The largest absolute Gasteiger partial charge is 0.383 e. The lowest BCUT2D eigenvalue weighted by Gasteiger charge is -2.14. The summed E-state index contributed by atoms with van der Waals surface area (Å²) in [6, 6.07) is 7.53. The lowest BCUT2D eigenvalue weighted by molar-refractivity contribution is -0.128. The van der Waals surface area contributed by atoms with E-state index in [4.69, 9.17) is 17.0 Å². The molecule has 1 fully saturated rings. The van der Waals surface area contributed by atoms with Crippen molar-refractivity contribution < 1.29 is 14.3 Å². The first-order valence-electron chi connectivity index (χ1n) is 6.89. The molecule has 0 radical (unpaired) electrons. The smallest absolute Gasteiger partial charge is 0.242 e. The van der Waals surface area contributed by atoms with Crippen molar-refractivity contribution in [3.05, 3.63) is 29.8 Å². The van der Waals surface area contributed by atoms with Gasteiger partial charge in [-0.15, -0.1) is 0 Å². The molecule has 0 spiro atoms. The molecule has 1 N–H and O–H groups in total. The molecule has 1 aliphatic heterocycles. The fourth-order valence-electron chi connectivity index (χ4n) is 2.10. The summed E-state index contributed by atoms with van der Waals surface area (Å²) in [7, 11) is 1.57. The van der Waals surface area contributed by atoms with E-state index >= 15 is 0 Å². The molecule has 7 heteroatoms. The molecule has 22 heavy (non-hydrogen) atoms. The zero-order valence-electron chi connectivity index (χ0n) is 12.5. The lowest BCUT2D eigenvalue weighted by atomic mass is 10.2. The quantitative estimate of drug-likeness (QED) is 0.806. The van der Waals surface area contributed by atoms with Crippen LogP contribution < -0.4 is 5.32 Å². The first-order chi connectivity index (χ1) is 10.5. The number of amides is 2. The van der Waals surface area contributed by atoms with Crippen LogP contribution in [0.15, 0.2) is 24.3 Å². The Morgan fingerprint density at radius 1 is 1.45 bits per heavy atom. The number of carbonyl (C=O) groups is 2. The van der Waals surface area contributed by atoms with Gasteiger partial charge in [0.2, 0.25) is 11.8 Å². The fraction of sp³-hybridized carbons (Fsp3) is 0.400. The van der Waals surface area contributed by atoms with Gasteiger partial charge in [0.15, 0.2) is 0 Å². The van der Waals surface area contributed by atoms with Gasteiger partial charge in [-0.2, -0.15) is 0 Å². The Hall–Kier alpha value is -1.44. The maximum absolute atomic E-state index is 12.3. The number of hydrogen-bond acceptors (Lipinski definition) is 5. The Morgan fingerprint density at radius 2 is 2.18 bits per heavy atom. The van der Waals surface area contributed by atoms with Crippen LogP contribution in [0.4, 0.5) is 5.69 Å². The molecule has 2 amide bonds. The Bertz CT molecular complexity index is 592. The van der Waals surface area contributed by atoms with E-state index in [0.717, 1.165) is 11.3 Å². The van der Waals surface area contributed by atoms with E-state index in [1.54, 1.807) is 7.11 Å². The summed E-state index contributed by atoms with van der Waals surface area (Å²) in [5.74, 6) is -0.302. The average Bonchev–Trinajstić information content (AvgIpc) is 2.74. The molecule has 118 valence electrons. The number of para-hydroxylation sites is 1. The predicted molar refractivity (Wildman–Crippen MR) is 92.0 cm³/mol. The standard InChI is InChI=1S/C15H18N2O3S2/c1-10-5-3-4-6-11(10)16-13(18)9-12-14(19)17(7-8-20-2)15(21)22-12/h3-6,12H,7-9H2,1-2H3,(H,16,18)/t12-/m0/s1. The van der Waals surface area contributed by atoms with Gasteiger partial charge in [-0.25, -0.2) is 0 Å². The second-order valence-electron chi connectivity index (χ2n) is 4.92. The van der Waals surface area contributed by atoms with Gasteiger partial charge in [0, 0.05) is 19.2 Å². The van der Waals surface area contributed by atoms with Crippen molar-refractivity contribution in [2.24, 2.45) is 0 Å². The van der Waals surface area contributed by atoms with Crippen LogP contribution in [0.5, 0.6) is 0 Å². The third kappa shape index (κ3) is 4.06. The predicted octanol–water partition coefficient (Wildman–Crippen LogP) is 2.20. The molecule has 0 bridgehead atoms. The number of hydrogen-bond donors (Lipinski definition) is 1. The van der Waals surface area contributed by atoms with Crippen molar-refractivity contribution >= 4 is 45.8 Å². The van der Waals surface area contributed by atoms with Gasteiger partial charge in [-0.05, 0) is 18.6 Å². The highest BCUT2D eigenvalue weighted by Gasteiger charge is 2.37. The highest BCUT2D eigenvalue weighted by atomic mass is 32.2. The number of anilines is 1. The number of rotatable bonds is 6. The van der Waals surface area contributed by atoms with Gasteiger partial charge in [-0.1, -0.05) is 42.2 Å². The third-order valence-corrected chi connectivity index (χ3v) is 4.90. The van der Waals surface area contributed by atoms with E-state index in [2.05, 4.69) is 5.32 Å². The molecule has 2 rings (SSSR count). The van der Waals surface area contributed by atoms with E-state index in [9.17, 15) is 9.59 Å². The van der Waals surface area contributed by atoms with Crippen molar-refractivity contribution in [2.75, 3.05) is 25.6 Å². The van der Waals surface area contributed by atoms with E-state index < -0.39 is 5.25 Å². The third-order valence-electron chi connectivity index (χ3n) is 3.31. The Kier molecular flexibility index (Phi) is 5.93. The number of benzene rings is 1. The zero-order valence-corrected chi connectivity index (χ0v) is 14.1. The highest BCUT2D eigenvalue weighted by molar-refractivity contribution is 8.24. The molecule has 1 aromatic rings. The lowest BCUT2D eigenvalue weighted by Crippen LogP contribution is -2.35. The number of carbonyl (C=O) groups excluding carboxylic acids is 2. The summed E-state index contributed by atoms with van der Waals surface area (Å²) in [5.41, 5.74) is 1.75. The number of nitrogens with zero attached hydrogens (tertiary/aromatic N) is 1. The van der Waals surface area contributed by atoms with Gasteiger partial charge in [0.05, 0.1) is 18.4 Å². The molecule has 0 aliphatic carbocycles. The number of thiocarbonyl (C=S) groups is 1. The molecule has 5 nitrogen and oxygen atoms in total. The van der Waals surface area contributed by atoms with E-state index in [1.807, 2.05) is 31.2 Å². The average molecular weight is 338 g/mol. The van der Waals surface area contributed by atoms with Crippen molar-refractivity contribution in [3.63, 3.8) is 0 Å². The maximum Gasteiger partial charge on any atom is 0.242 e. The van der Waals surface area contributed by atoms with Crippen LogP contribution in [0.1, 0.15) is 12.0 Å². The van der Waals surface area contributed by atoms with Gasteiger partial charge in [0.1, 0.15) is 4.32 Å². The molecule has 0 saturated carbocycles. The van der Waals surface area contributed by atoms with Crippen LogP contribution in [0.25, 0.3) is 0 Å². The topological polar surface area (TPSA) is 58.6 Å². The second kappa shape index (κ2) is 7.71. The summed E-state index contributed by atoms with van der Waals surface area (Å²) in [6.45, 7) is 2.78. The van der Waals surface area contributed by atoms with E-state index in [-0.39, 0.29) is 18.2 Å². The molecule has 1 saturated heterocycles. The Labute approximate surface area is 139 Å². The molecule has 1 aliphatic rings. The summed E-state index contributed by atoms with van der Waals surface area (Å²) in [5, 5.41) is 2.39. The Balaban J connectivity index is 1.93. The van der Waals surface area contributed by atoms with E-state index in [0.29, 0.717) is 17.5 Å². The summed E-state index contributed by atoms with van der Waals surface area (Å²) in [4.78, 5) is 25.9. The van der Waals surface area contributed by atoms with Gasteiger partial charge in [-0.3, -0.25) is 14.5 Å². The molecule has 1 aromatic carbocycles. The first-order valence-corrected chi connectivity index (χ1v) is 8.18. The van der Waals surface area contributed by atoms with Crippen molar-refractivity contribution in [3.8, 4) is 0 Å². The number of ether oxygens (including phenoxy) is 1. The van der Waals surface area contributed by atoms with Crippen LogP contribution in [0, 0.1) is 6.92 Å². The maximum atomic E-state index is 12.3. The van der Waals surface area contributed by atoms with Gasteiger partial charge >= 0.3 is 0 Å². The summed E-state index contributed by atoms with van der Waals surface area (Å²) in [6.07, 6.45) is 0.113. The summed E-state index contributed by atoms with van der Waals surface area (Å²) < 4.78 is 5.48. The SMILES string of the molecule is COCCN1C(=O)[C@H](CC(=O)Nc2ccccc2C)SC1=S. The Morgan fingerprint density at radius 3 is 2.86 bits per heavy atom. The number of thioether (sulfide) groups is 1. The minimum Gasteiger partial charge on any atom is -0.383 e. The zero-order chi connectivity index (χ0) is 16.1. The van der Waals surface area contributed by atoms with Crippen molar-refractivity contribution in [2.45, 2.75) is 18.6 Å². The normalized spacial score (nSPS) is 17.9. The minimum absolute atomic E-state index is 0.113. The molecule has 1 atom stereocenters. The van der Waals surface area contributed by atoms with Crippen LogP contribution in [0.2, 0.25) is 0 Å². The first kappa shape index (κ1) is 16.9.